The molecule has 25 heavy (non-hydrogen) atoms. The Morgan fingerprint density at radius 3 is 2.32 bits per heavy atom. The molecule has 0 saturated heterocycles. The number of hydrazone groups is 1. The molecule has 0 bridgehead atoms. The topological polar surface area (TPSA) is 79.8 Å². The predicted octanol–water partition coefficient (Wildman–Crippen LogP) is 3.33. The summed E-state index contributed by atoms with van der Waals surface area (Å²) in [6, 6.07) is 14.5. The highest BCUT2D eigenvalue weighted by atomic mass is 79.9. The average Bonchev–Trinajstić information content (AvgIpc) is 2.62. The lowest BCUT2D eigenvalue weighted by atomic mass is 10.2. The van der Waals surface area contributed by atoms with Gasteiger partial charge in [-0.2, -0.15) is 5.10 Å². The third kappa shape index (κ3) is 6.76. The summed E-state index contributed by atoms with van der Waals surface area (Å²) in [4.78, 5) is 23.5. The summed E-state index contributed by atoms with van der Waals surface area (Å²) in [6.45, 7) is 0. The summed E-state index contributed by atoms with van der Waals surface area (Å²) in [5.74, 6) is 0.150. The fourth-order valence-electron chi connectivity index (χ4n) is 1.91. The van der Waals surface area contributed by atoms with Crippen molar-refractivity contribution in [2.45, 2.75) is 12.8 Å². The van der Waals surface area contributed by atoms with Gasteiger partial charge in [0.2, 0.25) is 11.8 Å². The van der Waals surface area contributed by atoms with Crippen molar-refractivity contribution in [3.63, 3.8) is 0 Å². The van der Waals surface area contributed by atoms with Crippen LogP contribution in [0.15, 0.2) is 58.1 Å². The van der Waals surface area contributed by atoms with E-state index in [1.165, 1.54) is 0 Å². The molecule has 0 unspecified atom stereocenters. The molecule has 2 aromatic rings. The highest BCUT2D eigenvalue weighted by Gasteiger charge is 2.06. The molecule has 0 radical (unpaired) electrons. The van der Waals surface area contributed by atoms with Crippen LogP contribution in [0.25, 0.3) is 0 Å². The molecule has 0 fully saturated rings. The Morgan fingerprint density at radius 1 is 1.04 bits per heavy atom. The summed E-state index contributed by atoms with van der Waals surface area (Å²) in [5.41, 5.74) is 3.92. The zero-order valence-corrected chi connectivity index (χ0v) is 15.2. The first-order valence-corrected chi connectivity index (χ1v) is 8.37. The van der Waals surface area contributed by atoms with Gasteiger partial charge in [-0.3, -0.25) is 9.59 Å². The zero-order valence-electron chi connectivity index (χ0n) is 13.7. The average molecular weight is 404 g/mol. The minimum absolute atomic E-state index is 0.0552. The lowest BCUT2D eigenvalue weighted by Crippen LogP contribution is -2.20. The summed E-state index contributed by atoms with van der Waals surface area (Å²) in [6.07, 6.45) is 1.67. The van der Waals surface area contributed by atoms with Gasteiger partial charge in [0.15, 0.2) is 0 Å². The van der Waals surface area contributed by atoms with Gasteiger partial charge in [-0.05, 0) is 42.0 Å². The predicted molar refractivity (Wildman–Crippen MR) is 101 cm³/mol. The van der Waals surface area contributed by atoms with Crippen LogP contribution in [0.1, 0.15) is 18.4 Å². The number of hydrogen-bond donors (Lipinski definition) is 2. The second-order valence-corrected chi connectivity index (χ2v) is 6.04. The van der Waals surface area contributed by atoms with Crippen LogP contribution < -0.4 is 15.5 Å². The molecule has 2 amide bonds. The molecule has 2 N–H and O–H groups in total. The minimum Gasteiger partial charge on any atom is -0.497 e. The molecule has 0 saturated carbocycles. The number of anilines is 1. The van der Waals surface area contributed by atoms with Gasteiger partial charge in [-0.1, -0.05) is 28.1 Å². The van der Waals surface area contributed by atoms with E-state index in [1.807, 2.05) is 24.3 Å². The molecule has 0 spiro atoms. The number of carbonyl (C=O) groups excluding carboxylic acids is 2. The van der Waals surface area contributed by atoms with E-state index in [9.17, 15) is 9.59 Å². The largest absolute Gasteiger partial charge is 0.497 e. The molecule has 0 aliphatic rings. The van der Waals surface area contributed by atoms with Gasteiger partial charge in [0.25, 0.3) is 0 Å². The number of hydrogen-bond acceptors (Lipinski definition) is 4. The van der Waals surface area contributed by atoms with Crippen molar-refractivity contribution in [2.24, 2.45) is 5.10 Å². The fourth-order valence-corrected chi connectivity index (χ4v) is 2.17. The Morgan fingerprint density at radius 2 is 1.68 bits per heavy atom. The Labute approximate surface area is 154 Å². The third-order valence-corrected chi connectivity index (χ3v) is 3.75. The summed E-state index contributed by atoms with van der Waals surface area (Å²) in [7, 11) is 1.57. The molecule has 0 aliphatic carbocycles. The number of nitrogens with zero attached hydrogens (tertiary/aromatic N) is 1. The molecule has 0 heterocycles. The van der Waals surface area contributed by atoms with Gasteiger partial charge >= 0.3 is 0 Å². The first kappa shape index (κ1) is 18.7. The number of carbonyl (C=O) groups is 2. The highest BCUT2D eigenvalue weighted by Crippen LogP contribution is 2.15. The molecule has 2 aromatic carbocycles. The highest BCUT2D eigenvalue weighted by molar-refractivity contribution is 9.10. The number of methoxy groups -OCH3 is 1. The summed E-state index contributed by atoms with van der Waals surface area (Å²) < 4.78 is 6.02. The number of amides is 2. The molecular weight excluding hydrogens is 386 g/mol. The maximum Gasteiger partial charge on any atom is 0.240 e. The molecular formula is C18H18BrN3O3. The first-order chi connectivity index (χ1) is 12.1. The Bertz CT molecular complexity index is 743. The van der Waals surface area contributed by atoms with E-state index < -0.39 is 0 Å². The van der Waals surface area contributed by atoms with E-state index in [0.29, 0.717) is 11.4 Å². The van der Waals surface area contributed by atoms with Crippen molar-refractivity contribution in [3.8, 4) is 5.75 Å². The van der Waals surface area contributed by atoms with Crippen LogP contribution >= 0.6 is 15.9 Å². The van der Waals surface area contributed by atoms with Crippen molar-refractivity contribution in [1.82, 2.24) is 5.43 Å². The van der Waals surface area contributed by atoms with Crippen LogP contribution in [-0.4, -0.2) is 25.1 Å². The quantitative estimate of drug-likeness (QED) is 0.549. The molecule has 2 rings (SSSR count). The lowest BCUT2D eigenvalue weighted by Gasteiger charge is -2.06. The van der Waals surface area contributed by atoms with Crippen LogP contribution in [-0.2, 0) is 9.59 Å². The van der Waals surface area contributed by atoms with Crippen LogP contribution in [0.2, 0.25) is 0 Å². The van der Waals surface area contributed by atoms with Crippen molar-refractivity contribution in [3.05, 3.63) is 58.6 Å². The number of nitrogens with one attached hydrogen (secondary N) is 2. The van der Waals surface area contributed by atoms with Crippen molar-refractivity contribution in [1.29, 1.82) is 0 Å². The van der Waals surface area contributed by atoms with Crippen LogP contribution in [0.3, 0.4) is 0 Å². The van der Waals surface area contributed by atoms with Gasteiger partial charge in [-0.15, -0.1) is 0 Å². The minimum atomic E-state index is -0.321. The second kappa shape index (κ2) is 9.58. The Balaban J connectivity index is 1.71. The van der Waals surface area contributed by atoms with E-state index in [2.05, 4.69) is 31.8 Å². The lowest BCUT2D eigenvalue weighted by molar-refractivity contribution is -0.124. The summed E-state index contributed by atoms with van der Waals surface area (Å²) >= 11 is 3.34. The Hall–Kier alpha value is -2.67. The van der Waals surface area contributed by atoms with Crippen molar-refractivity contribution < 1.29 is 14.3 Å². The van der Waals surface area contributed by atoms with E-state index in [-0.39, 0.29) is 24.7 Å². The Kier molecular flexibility index (Phi) is 7.16. The molecule has 130 valence electrons. The van der Waals surface area contributed by atoms with Gasteiger partial charge in [0, 0.05) is 23.0 Å². The number of halogens is 1. The number of rotatable bonds is 7. The van der Waals surface area contributed by atoms with E-state index in [4.69, 9.17) is 4.74 Å². The maximum absolute atomic E-state index is 11.8. The second-order valence-electron chi connectivity index (χ2n) is 5.12. The smallest absolute Gasteiger partial charge is 0.240 e. The fraction of sp³-hybridized carbons (Fsp3) is 0.167. The van der Waals surface area contributed by atoms with E-state index in [1.54, 1.807) is 37.6 Å². The van der Waals surface area contributed by atoms with Crippen LogP contribution in [0, 0.1) is 0 Å². The van der Waals surface area contributed by atoms with Gasteiger partial charge in [-0.25, -0.2) is 5.43 Å². The molecule has 6 nitrogen and oxygen atoms in total. The van der Waals surface area contributed by atoms with Crippen LogP contribution in [0.4, 0.5) is 5.69 Å². The van der Waals surface area contributed by atoms with Crippen molar-refractivity contribution in [2.75, 3.05) is 12.4 Å². The summed E-state index contributed by atoms with van der Waals surface area (Å²) in [5, 5.41) is 6.59. The molecule has 0 aromatic heterocycles. The monoisotopic (exact) mass is 403 g/mol. The molecule has 0 atom stereocenters. The molecule has 7 heteroatoms. The standard InChI is InChI=1S/C18H18BrN3O3/c1-25-16-8-6-15(7-9-16)21-17(23)10-11-18(24)22-20-12-13-2-4-14(19)5-3-13/h2-9,12H,10-11H2,1H3,(H,21,23)(H,22,24). The van der Waals surface area contributed by atoms with Gasteiger partial charge in [0.05, 0.1) is 13.3 Å². The molecule has 0 aliphatic heterocycles. The van der Waals surface area contributed by atoms with Crippen LogP contribution in [0.5, 0.6) is 5.75 Å². The number of benzene rings is 2. The third-order valence-electron chi connectivity index (χ3n) is 3.23. The zero-order chi connectivity index (χ0) is 18.1. The normalized spacial score (nSPS) is 10.5. The van der Waals surface area contributed by atoms with Gasteiger partial charge in [0.1, 0.15) is 5.75 Å². The van der Waals surface area contributed by atoms with Crippen molar-refractivity contribution >= 4 is 39.6 Å². The van der Waals surface area contributed by atoms with E-state index in [0.717, 1.165) is 10.0 Å². The first-order valence-electron chi connectivity index (χ1n) is 7.58. The maximum atomic E-state index is 11.8. The number of ether oxygens (including phenoxy) is 1. The SMILES string of the molecule is COc1ccc(NC(=O)CCC(=O)NN=Cc2ccc(Br)cc2)cc1. The van der Waals surface area contributed by atoms with E-state index >= 15 is 0 Å². The van der Waals surface area contributed by atoms with Gasteiger partial charge < -0.3 is 10.1 Å².